The highest BCUT2D eigenvalue weighted by molar-refractivity contribution is 5.84. The standard InChI is InChI=1S/C17H22FN3O3/c1-13(22)20-8-10-21(11-9-20)17(24)7-6-16(23)19-12-14-2-4-15(18)5-3-14/h2-5H,6-12H2,1H3,(H,19,23). The third-order valence-electron chi connectivity index (χ3n) is 4.05. The van der Waals surface area contributed by atoms with E-state index in [9.17, 15) is 18.8 Å². The van der Waals surface area contributed by atoms with Crippen LogP contribution in [0.5, 0.6) is 0 Å². The number of benzene rings is 1. The number of rotatable bonds is 5. The first-order chi connectivity index (χ1) is 11.5. The number of nitrogens with one attached hydrogen (secondary N) is 1. The fourth-order valence-electron chi connectivity index (χ4n) is 2.54. The van der Waals surface area contributed by atoms with E-state index >= 15 is 0 Å². The Kier molecular flexibility index (Phi) is 6.28. The molecule has 24 heavy (non-hydrogen) atoms. The molecule has 0 bridgehead atoms. The van der Waals surface area contributed by atoms with Gasteiger partial charge in [-0.2, -0.15) is 0 Å². The van der Waals surface area contributed by atoms with E-state index < -0.39 is 0 Å². The zero-order valence-electron chi connectivity index (χ0n) is 13.8. The SMILES string of the molecule is CC(=O)N1CCN(C(=O)CCC(=O)NCc2ccc(F)cc2)CC1. The molecule has 1 heterocycles. The van der Waals surface area contributed by atoms with Gasteiger partial charge in [0.2, 0.25) is 17.7 Å². The van der Waals surface area contributed by atoms with Gasteiger partial charge in [0.1, 0.15) is 5.82 Å². The third kappa shape index (κ3) is 5.33. The molecule has 3 amide bonds. The van der Waals surface area contributed by atoms with E-state index in [0.717, 1.165) is 5.56 Å². The van der Waals surface area contributed by atoms with Crippen molar-refractivity contribution in [2.45, 2.75) is 26.3 Å². The van der Waals surface area contributed by atoms with Crippen LogP contribution in [0.1, 0.15) is 25.3 Å². The van der Waals surface area contributed by atoms with Crippen LogP contribution >= 0.6 is 0 Å². The van der Waals surface area contributed by atoms with Crippen molar-refractivity contribution in [1.82, 2.24) is 15.1 Å². The van der Waals surface area contributed by atoms with E-state index in [0.29, 0.717) is 32.7 Å². The predicted molar refractivity (Wildman–Crippen MR) is 86.3 cm³/mol. The molecule has 7 heteroatoms. The van der Waals surface area contributed by atoms with Crippen molar-refractivity contribution in [3.8, 4) is 0 Å². The second-order valence-corrected chi connectivity index (χ2v) is 5.79. The van der Waals surface area contributed by atoms with Gasteiger partial charge in [-0.1, -0.05) is 12.1 Å². The summed E-state index contributed by atoms with van der Waals surface area (Å²) in [7, 11) is 0. The quantitative estimate of drug-likeness (QED) is 0.870. The maximum absolute atomic E-state index is 12.8. The lowest BCUT2D eigenvalue weighted by Crippen LogP contribution is -2.50. The maximum atomic E-state index is 12.8. The lowest BCUT2D eigenvalue weighted by Gasteiger charge is -2.34. The fourth-order valence-corrected chi connectivity index (χ4v) is 2.54. The number of amides is 3. The van der Waals surface area contributed by atoms with Crippen LogP contribution in [0.2, 0.25) is 0 Å². The summed E-state index contributed by atoms with van der Waals surface area (Å²) in [6.07, 6.45) is 0.266. The van der Waals surface area contributed by atoms with Crippen LogP contribution in [0.3, 0.4) is 0 Å². The minimum absolute atomic E-state index is 0.0160. The molecule has 6 nitrogen and oxygen atoms in total. The Bertz CT molecular complexity index is 596. The van der Waals surface area contributed by atoms with E-state index in [4.69, 9.17) is 0 Å². The van der Waals surface area contributed by atoms with Crippen LogP contribution in [-0.2, 0) is 20.9 Å². The lowest BCUT2D eigenvalue weighted by molar-refractivity contribution is -0.139. The van der Waals surface area contributed by atoms with Crippen molar-refractivity contribution in [3.63, 3.8) is 0 Å². The molecule has 1 aromatic rings. The Morgan fingerprint density at radius 2 is 1.58 bits per heavy atom. The number of piperazine rings is 1. The fraction of sp³-hybridized carbons (Fsp3) is 0.471. The number of halogens is 1. The summed E-state index contributed by atoms with van der Waals surface area (Å²) in [5, 5.41) is 2.71. The molecule has 130 valence electrons. The topological polar surface area (TPSA) is 69.7 Å². The number of nitrogens with zero attached hydrogens (tertiary/aromatic N) is 2. The van der Waals surface area contributed by atoms with Gasteiger partial charge >= 0.3 is 0 Å². The molecule has 0 atom stereocenters. The number of carbonyl (C=O) groups excluding carboxylic acids is 3. The lowest BCUT2D eigenvalue weighted by atomic mass is 10.2. The third-order valence-corrected chi connectivity index (χ3v) is 4.05. The molecule has 1 saturated heterocycles. The molecule has 0 aromatic heterocycles. The number of hydrogen-bond donors (Lipinski definition) is 1. The van der Waals surface area contributed by atoms with Gasteiger partial charge in [-0.05, 0) is 17.7 Å². The van der Waals surface area contributed by atoms with Crippen LogP contribution in [-0.4, -0.2) is 53.7 Å². The molecule has 1 fully saturated rings. The summed E-state index contributed by atoms with van der Waals surface area (Å²) in [4.78, 5) is 38.5. The summed E-state index contributed by atoms with van der Waals surface area (Å²) < 4.78 is 12.8. The van der Waals surface area contributed by atoms with E-state index in [1.807, 2.05) is 0 Å². The largest absolute Gasteiger partial charge is 0.352 e. The Morgan fingerprint density at radius 3 is 2.17 bits per heavy atom. The Hall–Kier alpha value is -2.44. The van der Waals surface area contributed by atoms with Crippen molar-refractivity contribution < 1.29 is 18.8 Å². The first-order valence-corrected chi connectivity index (χ1v) is 8.00. The zero-order valence-corrected chi connectivity index (χ0v) is 13.8. The molecule has 0 unspecified atom stereocenters. The Balaban J connectivity index is 1.67. The second-order valence-electron chi connectivity index (χ2n) is 5.79. The van der Waals surface area contributed by atoms with Gasteiger partial charge in [-0.25, -0.2) is 4.39 Å². The van der Waals surface area contributed by atoms with Crippen molar-refractivity contribution in [3.05, 3.63) is 35.6 Å². The zero-order chi connectivity index (χ0) is 17.5. The summed E-state index contributed by atoms with van der Waals surface area (Å²) in [5.41, 5.74) is 0.802. The molecule has 1 N–H and O–H groups in total. The summed E-state index contributed by atoms with van der Waals surface area (Å²) >= 11 is 0. The maximum Gasteiger partial charge on any atom is 0.223 e. The van der Waals surface area contributed by atoms with E-state index in [1.165, 1.54) is 19.1 Å². The smallest absolute Gasteiger partial charge is 0.223 e. The van der Waals surface area contributed by atoms with E-state index in [2.05, 4.69) is 5.32 Å². The van der Waals surface area contributed by atoms with Crippen LogP contribution in [0.25, 0.3) is 0 Å². The van der Waals surface area contributed by atoms with Crippen molar-refractivity contribution in [2.75, 3.05) is 26.2 Å². The van der Waals surface area contributed by atoms with Gasteiger partial charge in [-0.3, -0.25) is 14.4 Å². The van der Waals surface area contributed by atoms with Crippen molar-refractivity contribution in [1.29, 1.82) is 0 Å². The van der Waals surface area contributed by atoms with Crippen LogP contribution in [0, 0.1) is 5.82 Å². The minimum Gasteiger partial charge on any atom is -0.352 e. The molecular formula is C17H22FN3O3. The Labute approximate surface area is 140 Å². The molecule has 0 radical (unpaired) electrons. The molecule has 0 spiro atoms. The van der Waals surface area contributed by atoms with Gasteiger partial charge in [-0.15, -0.1) is 0 Å². The van der Waals surface area contributed by atoms with Crippen LogP contribution < -0.4 is 5.32 Å². The minimum atomic E-state index is -0.319. The van der Waals surface area contributed by atoms with Gasteiger partial charge in [0.15, 0.2) is 0 Å². The van der Waals surface area contributed by atoms with Gasteiger partial charge in [0.05, 0.1) is 0 Å². The molecule has 0 aliphatic carbocycles. The van der Waals surface area contributed by atoms with Crippen molar-refractivity contribution >= 4 is 17.7 Å². The molecule has 0 saturated carbocycles. The first kappa shape index (κ1) is 17.9. The van der Waals surface area contributed by atoms with Gasteiger partial charge in [0, 0.05) is 52.5 Å². The Morgan fingerprint density at radius 1 is 1.00 bits per heavy atom. The molecule has 1 aliphatic heterocycles. The molecule has 1 aromatic carbocycles. The van der Waals surface area contributed by atoms with Gasteiger partial charge < -0.3 is 15.1 Å². The predicted octanol–water partition coefficient (Wildman–Crippen LogP) is 0.913. The van der Waals surface area contributed by atoms with Crippen LogP contribution in [0.4, 0.5) is 4.39 Å². The molecule has 2 rings (SSSR count). The average Bonchev–Trinajstić information content (AvgIpc) is 2.59. The van der Waals surface area contributed by atoms with E-state index in [-0.39, 0.29) is 36.4 Å². The summed E-state index contributed by atoms with van der Waals surface area (Å²) in [6.45, 7) is 3.93. The molecule has 1 aliphatic rings. The highest BCUT2D eigenvalue weighted by Gasteiger charge is 2.22. The number of carbonyl (C=O) groups is 3. The highest BCUT2D eigenvalue weighted by atomic mass is 19.1. The summed E-state index contributed by atoms with van der Waals surface area (Å²) in [5.74, 6) is -0.590. The molecular weight excluding hydrogens is 313 g/mol. The summed E-state index contributed by atoms with van der Waals surface area (Å²) in [6, 6.07) is 5.89. The van der Waals surface area contributed by atoms with Crippen LogP contribution in [0.15, 0.2) is 24.3 Å². The van der Waals surface area contributed by atoms with Gasteiger partial charge in [0.25, 0.3) is 0 Å². The average molecular weight is 335 g/mol. The monoisotopic (exact) mass is 335 g/mol. The second kappa shape index (κ2) is 8.42. The number of hydrogen-bond acceptors (Lipinski definition) is 3. The van der Waals surface area contributed by atoms with E-state index in [1.54, 1.807) is 21.9 Å². The first-order valence-electron chi connectivity index (χ1n) is 8.00. The highest BCUT2D eigenvalue weighted by Crippen LogP contribution is 2.06. The van der Waals surface area contributed by atoms with Crippen molar-refractivity contribution in [2.24, 2.45) is 0 Å². The normalized spacial score (nSPS) is 14.4.